The minimum Gasteiger partial charge on any atom is -0.310 e. The Hall–Kier alpha value is -9.76. The summed E-state index contributed by atoms with van der Waals surface area (Å²) in [6.07, 6.45) is 0. The van der Waals surface area contributed by atoms with E-state index < -0.39 is 5.41 Å². The van der Waals surface area contributed by atoms with Gasteiger partial charge >= 0.3 is 0 Å². The van der Waals surface area contributed by atoms with E-state index in [0.717, 1.165) is 34.1 Å². The molecule has 1 unspecified atom stereocenters. The standard InChI is InChI=1S/C76H54N2/c1-75(2)67-36-20-18-33-61(67)65-47-58(44-46-68(65)75)77(55-27-12-5-13-28-55)59-43-45-63-71(48-59)76(70-38-22-35-60(74(63)70)54-41-39-52(40-42-54)51-23-8-3-9-24-51)69-37-21-19-34-62(69)66-49-64(53-25-10-4-11-26-53)73(50-72(66)76)78(56-29-14-6-15-30-56)57-31-16-7-17-32-57/h3-50H,1-2H3. The summed E-state index contributed by atoms with van der Waals surface area (Å²) >= 11 is 0. The molecule has 368 valence electrons. The SMILES string of the molecule is CC1(C)c2ccccc2-c2cc(N(c3ccccc3)c3ccc4c(c3)C3(c5ccccc5-c5cc(-c6ccccc6)c(N(c6ccccc6)c6ccccc6)cc53)c3cccc(-c5ccc(-c6ccccc6)cc5)c3-4)ccc21. The van der Waals surface area contributed by atoms with Crippen LogP contribution in [0.2, 0.25) is 0 Å². The highest BCUT2D eigenvalue weighted by molar-refractivity contribution is 6.04. The Morgan fingerprint density at radius 1 is 0.231 bits per heavy atom. The van der Waals surface area contributed by atoms with Crippen molar-refractivity contribution >= 4 is 34.1 Å². The number of hydrogen-bond acceptors (Lipinski definition) is 2. The second-order valence-electron chi connectivity index (χ2n) is 21.6. The van der Waals surface area contributed by atoms with Crippen molar-refractivity contribution in [2.45, 2.75) is 24.7 Å². The molecule has 0 N–H and O–H groups in total. The van der Waals surface area contributed by atoms with Crippen LogP contribution >= 0.6 is 0 Å². The summed E-state index contributed by atoms with van der Waals surface area (Å²) in [5.41, 5.74) is 28.5. The van der Waals surface area contributed by atoms with Crippen molar-refractivity contribution in [3.05, 3.63) is 325 Å². The highest BCUT2D eigenvalue weighted by atomic mass is 15.1. The zero-order valence-corrected chi connectivity index (χ0v) is 43.6. The average molecular weight is 995 g/mol. The fraction of sp³-hybridized carbons (Fsp3) is 0.0526. The van der Waals surface area contributed by atoms with Gasteiger partial charge in [-0.3, -0.25) is 0 Å². The fourth-order valence-electron chi connectivity index (χ4n) is 13.6. The summed E-state index contributed by atoms with van der Waals surface area (Å²) < 4.78 is 0. The van der Waals surface area contributed by atoms with Crippen molar-refractivity contribution in [1.29, 1.82) is 0 Å². The van der Waals surface area contributed by atoms with Crippen molar-refractivity contribution in [2.75, 3.05) is 9.80 Å². The summed E-state index contributed by atoms with van der Waals surface area (Å²) in [6, 6.07) is 108. The summed E-state index contributed by atoms with van der Waals surface area (Å²) in [6.45, 7) is 4.72. The van der Waals surface area contributed by atoms with Crippen LogP contribution in [0.5, 0.6) is 0 Å². The Bertz CT molecular complexity index is 4220. The normalized spacial score (nSPS) is 14.7. The van der Waals surface area contributed by atoms with Gasteiger partial charge in [0.25, 0.3) is 0 Å². The maximum atomic E-state index is 2.55. The number of anilines is 6. The average Bonchev–Trinajstić information content (AvgIpc) is 4.24. The van der Waals surface area contributed by atoms with Gasteiger partial charge in [0.1, 0.15) is 0 Å². The smallest absolute Gasteiger partial charge is 0.0727 e. The van der Waals surface area contributed by atoms with Crippen LogP contribution in [0, 0.1) is 0 Å². The molecule has 78 heavy (non-hydrogen) atoms. The van der Waals surface area contributed by atoms with E-state index in [1.54, 1.807) is 0 Å². The number of fused-ring (bicyclic) bond motifs is 13. The Kier molecular flexibility index (Phi) is 10.5. The van der Waals surface area contributed by atoms with Gasteiger partial charge < -0.3 is 9.80 Å². The van der Waals surface area contributed by atoms with Gasteiger partial charge in [-0.05, 0) is 167 Å². The van der Waals surface area contributed by atoms with Gasteiger partial charge in [0, 0.05) is 39.4 Å². The van der Waals surface area contributed by atoms with E-state index in [1.807, 2.05) is 0 Å². The lowest BCUT2D eigenvalue weighted by Gasteiger charge is -2.34. The molecule has 0 amide bonds. The molecule has 12 aromatic rings. The van der Waals surface area contributed by atoms with Crippen LogP contribution < -0.4 is 9.80 Å². The molecule has 12 aromatic carbocycles. The Morgan fingerprint density at radius 3 is 1.32 bits per heavy atom. The summed E-state index contributed by atoms with van der Waals surface area (Å²) in [5.74, 6) is 0. The second-order valence-corrected chi connectivity index (χ2v) is 21.6. The number of hydrogen-bond donors (Lipinski definition) is 0. The molecule has 0 fully saturated rings. The molecule has 2 nitrogen and oxygen atoms in total. The predicted octanol–water partition coefficient (Wildman–Crippen LogP) is 20.3. The first-order valence-electron chi connectivity index (χ1n) is 27.2. The highest BCUT2D eigenvalue weighted by Gasteiger charge is 2.53. The molecular formula is C76H54N2. The zero-order chi connectivity index (χ0) is 52.0. The van der Waals surface area contributed by atoms with Gasteiger partial charge in [0.05, 0.1) is 11.1 Å². The largest absolute Gasteiger partial charge is 0.310 e. The molecule has 0 aliphatic heterocycles. The minimum absolute atomic E-state index is 0.105. The predicted molar refractivity (Wildman–Crippen MR) is 326 cm³/mol. The molecule has 15 rings (SSSR count). The van der Waals surface area contributed by atoms with Crippen molar-refractivity contribution in [3.8, 4) is 66.8 Å². The van der Waals surface area contributed by atoms with E-state index in [0.29, 0.717) is 0 Å². The van der Waals surface area contributed by atoms with E-state index in [1.165, 1.54) is 100 Å². The molecule has 2 heteroatoms. The first-order valence-corrected chi connectivity index (χ1v) is 27.2. The van der Waals surface area contributed by atoms with Gasteiger partial charge in [0.2, 0.25) is 0 Å². The lowest BCUT2D eigenvalue weighted by molar-refractivity contribution is 0.660. The van der Waals surface area contributed by atoms with Crippen LogP contribution in [0.15, 0.2) is 291 Å². The first kappa shape index (κ1) is 45.6. The van der Waals surface area contributed by atoms with Crippen molar-refractivity contribution in [3.63, 3.8) is 0 Å². The highest BCUT2D eigenvalue weighted by Crippen LogP contribution is 2.66. The van der Waals surface area contributed by atoms with Gasteiger partial charge in [0.15, 0.2) is 0 Å². The molecule has 0 heterocycles. The fourth-order valence-corrected chi connectivity index (χ4v) is 13.6. The molecule has 0 saturated heterocycles. The molecule has 1 atom stereocenters. The lowest BCUT2D eigenvalue weighted by atomic mass is 9.70. The third-order valence-electron chi connectivity index (χ3n) is 17.1. The van der Waals surface area contributed by atoms with E-state index in [2.05, 4.69) is 315 Å². The number of para-hydroxylation sites is 3. The molecule has 3 aliphatic carbocycles. The van der Waals surface area contributed by atoms with Crippen LogP contribution in [0.25, 0.3) is 66.8 Å². The topological polar surface area (TPSA) is 6.48 Å². The quantitative estimate of drug-likeness (QED) is 0.142. The Labute approximate surface area is 457 Å². The number of rotatable bonds is 9. The van der Waals surface area contributed by atoms with Gasteiger partial charge in [-0.25, -0.2) is 0 Å². The lowest BCUT2D eigenvalue weighted by Crippen LogP contribution is -2.26. The van der Waals surface area contributed by atoms with Crippen LogP contribution in [0.1, 0.15) is 47.2 Å². The number of nitrogens with zero attached hydrogens (tertiary/aromatic N) is 2. The number of benzene rings is 12. The van der Waals surface area contributed by atoms with Gasteiger partial charge in [-0.15, -0.1) is 0 Å². The van der Waals surface area contributed by atoms with Crippen molar-refractivity contribution in [2.24, 2.45) is 0 Å². The van der Waals surface area contributed by atoms with Crippen LogP contribution in [-0.4, -0.2) is 0 Å². The third kappa shape index (κ3) is 6.89. The molecule has 0 bridgehead atoms. The van der Waals surface area contributed by atoms with E-state index in [4.69, 9.17) is 0 Å². The maximum absolute atomic E-state index is 2.55. The maximum Gasteiger partial charge on any atom is 0.0727 e. The second kappa shape index (κ2) is 17.9. The van der Waals surface area contributed by atoms with Crippen molar-refractivity contribution < 1.29 is 0 Å². The Balaban J connectivity index is 1.03. The molecule has 0 saturated carbocycles. The molecule has 3 aliphatic rings. The molecule has 1 spiro atoms. The van der Waals surface area contributed by atoms with E-state index in [9.17, 15) is 0 Å². The Morgan fingerprint density at radius 2 is 0.667 bits per heavy atom. The van der Waals surface area contributed by atoms with E-state index in [-0.39, 0.29) is 5.41 Å². The minimum atomic E-state index is -0.709. The van der Waals surface area contributed by atoms with E-state index >= 15 is 0 Å². The monoisotopic (exact) mass is 994 g/mol. The van der Waals surface area contributed by atoms with Crippen molar-refractivity contribution in [1.82, 2.24) is 0 Å². The molecular weight excluding hydrogens is 941 g/mol. The zero-order valence-electron chi connectivity index (χ0n) is 43.6. The third-order valence-corrected chi connectivity index (χ3v) is 17.1. The summed E-state index contributed by atoms with van der Waals surface area (Å²) in [4.78, 5) is 4.94. The van der Waals surface area contributed by atoms with Gasteiger partial charge in [-0.1, -0.05) is 232 Å². The van der Waals surface area contributed by atoms with Crippen LogP contribution in [0.4, 0.5) is 34.1 Å². The van der Waals surface area contributed by atoms with Crippen LogP contribution in [-0.2, 0) is 10.8 Å². The summed E-state index contributed by atoms with van der Waals surface area (Å²) in [5, 5.41) is 0. The molecule has 0 aromatic heterocycles. The molecule has 0 radical (unpaired) electrons. The van der Waals surface area contributed by atoms with Crippen LogP contribution in [0.3, 0.4) is 0 Å². The summed E-state index contributed by atoms with van der Waals surface area (Å²) in [7, 11) is 0. The first-order chi connectivity index (χ1) is 38.5. The van der Waals surface area contributed by atoms with Gasteiger partial charge in [-0.2, -0.15) is 0 Å².